The van der Waals surface area contributed by atoms with Gasteiger partial charge >= 0.3 is 0 Å². The fourth-order valence-corrected chi connectivity index (χ4v) is 2.52. The first-order valence-corrected chi connectivity index (χ1v) is 6.44. The summed E-state index contributed by atoms with van der Waals surface area (Å²) in [5.41, 5.74) is 0.761. The van der Waals surface area contributed by atoms with Gasteiger partial charge in [0.15, 0.2) is 0 Å². The molecule has 0 bridgehead atoms. The van der Waals surface area contributed by atoms with Crippen LogP contribution in [0.15, 0.2) is 24.3 Å². The quantitative estimate of drug-likeness (QED) is 0.876. The molecule has 0 spiro atoms. The second-order valence-corrected chi connectivity index (χ2v) is 4.98. The maximum atomic E-state index is 13.0. The van der Waals surface area contributed by atoms with Crippen LogP contribution in [-0.2, 0) is 4.79 Å². The second-order valence-electron chi connectivity index (χ2n) is 4.98. The average Bonchev–Trinajstić information content (AvgIpc) is 2.51. The van der Waals surface area contributed by atoms with E-state index in [4.69, 9.17) is 0 Å². The molecule has 1 aromatic rings. The lowest BCUT2D eigenvalue weighted by Gasteiger charge is -2.34. The van der Waals surface area contributed by atoms with Gasteiger partial charge in [0.1, 0.15) is 11.9 Å². The van der Waals surface area contributed by atoms with E-state index < -0.39 is 6.04 Å². The molecule has 0 aliphatic carbocycles. The van der Waals surface area contributed by atoms with Gasteiger partial charge in [-0.1, -0.05) is 0 Å². The van der Waals surface area contributed by atoms with Crippen LogP contribution >= 0.6 is 0 Å². The largest absolute Gasteiger partial charge is 0.394 e. The maximum Gasteiger partial charge on any atom is 0.247 e. The normalized spacial score (nSPS) is 24.5. The smallest absolute Gasteiger partial charge is 0.247 e. The number of anilines is 1. The molecule has 1 saturated heterocycles. The zero-order chi connectivity index (χ0) is 14.0. The lowest BCUT2D eigenvalue weighted by Crippen LogP contribution is -2.49. The van der Waals surface area contributed by atoms with Gasteiger partial charge in [0, 0.05) is 25.3 Å². The average molecular weight is 266 g/mol. The fraction of sp³-hybridized carbons (Fsp3) is 0.500. The summed E-state index contributed by atoms with van der Waals surface area (Å²) >= 11 is 0. The molecule has 0 radical (unpaired) electrons. The third kappa shape index (κ3) is 2.71. The number of likely N-dealkylation sites (N-methyl/N-ethyl adjacent to an activating group) is 1. The molecule has 5 heteroatoms. The Morgan fingerprint density at radius 2 is 2.00 bits per heavy atom. The third-order valence-electron chi connectivity index (χ3n) is 3.65. The molecule has 1 aliphatic rings. The Balaban J connectivity index is 2.37. The number of aliphatic hydroxyl groups is 1. The first kappa shape index (κ1) is 13.8. The number of benzene rings is 1. The van der Waals surface area contributed by atoms with Gasteiger partial charge in [-0.3, -0.25) is 4.79 Å². The topological polar surface area (TPSA) is 43.8 Å². The number of aliphatic hydroxyl groups excluding tert-OH is 1. The highest BCUT2D eigenvalue weighted by molar-refractivity contribution is 5.86. The highest BCUT2D eigenvalue weighted by Gasteiger charge is 2.34. The summed E-state index contributed by atoms with van der Waals surface area (Å²) in [6.45, 7) is 2.43. The van der Waals surface area contributed by atoms with Crippen molar-refractivity contribution in [1.82, 2.24) is 4.90 Å². The molecule has 1 fully saturated rings. The highest BCUT2D eigenvalue weighted by Crippen LogP contribution is 2.25. The Bertz CT molecular complexity index is 449. The molecule has 2 rings (SSSR count). The lowest BCUT2D eigenvalue weighted by atomic mass is 10.1. The number of hydrogen-bond acceptors (Lipinski definition) is 3. The number of carbonyl (C=O) groups excluding carboxylic acids is 1. The maximum absolute atomic E-state index is 13.0. The van der Waals surface area contributed by atoms with Crippen LogP contribution < -0.4 is 4.90 Å². The monoisotopic (exact) mass is 266 g/mol. The van der Waals surface area contributed by atoms with Crippen molar-refractivity contribution in [3.05, 3.63) is 30.1 Å². The molecular formula is C14H19FN2O2. The minimum Gasteiger partial charge on any atom is -0.394 e. The van der Waals surface area contributed by atoms with Crippen molar-refractivity contribution in [3.8, 4) is 0 Å². The SMILES string of the molecule is CC1CCN(C)C(=O)C(CO)N1c1ccc(F)cc1. The zero-order valence-electron chi connectivity index (χ0n) is 11.2. The Kier molecular flexibility index (Phi) is 4.04. The summed E-state index contributed by atoms with van der Waals surface area (Å²) in [6.07, 6.45) is 0.816. The Morgan fingerprint density at radius 3 is 2.58 bits per heavy atom. The number of halogens is 1. The first-order chi connectivity index (χ1) is 9.04. The van der Waals surface area contributed by atoms with Gasteiger partial charge in [0.25, 0.3) is 0 Å². The lowest BCUT2D eigenvalue weighted by molar-refractivity contribution is -0.131. The standard InChI is InChI=1S/C14H19FN2O2/c1-10-7-8-16(2)14(19)13(9-18)17(10)12-5-3-11(15)4-6-12/h3-6,10,13,18H,7-9H2,1-2H3. The molecule has 2 atom stereocenters. The number of rotatable bonds is 2. The molecule has 1 amide bonds. The second kappa shape index (κ2) is 5.57. The molecule has 1 N–H and O–H groups in total. The molecule has 1 aromatic carbocycles. The molecule has 0 saturated carbocycles. The van der Waals surface area contributed by atoms with Gasteiger partial charge in [-0.15, -0.1) is 0 Å². The summed E-state index contributed by atoms with van der Waals surface area (Å²) < 4.78 is 13.0. The molecule has 104 valence electrons. The molecule has 0 aromatic heterocycles. The van der Waals surface area contributed by atoms with Crippen molar-refractivity contribution in [1.29, 1.82) is 0 Å². The van der Waals surface area contributed by atoms with Crippen LogP contribution in [0.25, 0.3) is 0 Å². The van der Waals surface area contributed by atoms with E-state index in [0.717, 1.165) is 12.1 Å². The van der Waals surface area contributed by atoms with Crippen LogP contribution in [0.4, 0.5) is 10.1 Å². The van der Waals surface area contributed by atoms with Crippen LogP contribution in [0, 0.1) is 5.82 Å². The Hall–Kier alpha value is -1.62. The minimum atomic E-state index is -0.604. The van der Waals surface area contributed by atoms with Gasteiger partial charge in [-0.25, -0.2) is 4.39 Å². The summed E-state index contributed by atoms with van der Waals surface area (Å²) in [5, 5.41) is 9.55. The number of carbonyl (C=O) groups is 1. The number of nitrogens with zero attached hydrogens (tertiary/aromatic N) is 2. The van der Waals surface area contributed by atoms with E-state index in [-0.39, 0.29) is 24.4 Å². The van der Waals surface area contributed by atoms with Crippen LogP contribution in [0.3, 0.4) is 0 Å². The Morgan fingerprint density at radius 1 is 1.37 bits per heavy atom. The van der Waals surface area contributed by atoms with E-state index in [1.807, 2.05) is 11.8 Å². The van der Waals surface area contributed by atoms with Crippen molar-refractivity contribution in [2.24, 2.45) is 0 Å². The first-order valence-electron chi connectivity index (χ1n) is 6.44. The number of hydrogen-bond donors (Lipinski definition) is 1. The van der Waals surface area contributed by atoms with E-state index in [9.17, 15) is 14.3 Å². The molecule has 1 aliphatic heterocycles. The highest BCUT2D eigenvalue weighted by atomic mass is 19.1. The van der Waals surface area contributed by atoms with Gasteiger partial charge in [-0.05, 0) is 37.6 Å². The predicted octanol–water partition coefficient (Wildman–Crippen LogP) is 1.24. The van der Waals surface area contributed by atoms with Crippen molar-refractivity contribution in [3.63, 3.8) is 0 Å². The van der Waals surface area contributed by atoms with E-state index in [0.29, 0.717) is 6.54 Å². The number of amides is 1. The van der Waals surface area contributed by atoms with Gasteiger partial charge in [0.2, 0.25) is 5.91 Å². The van der Waals surface area contributed by atoms with Gasteiger partial charge < -0.3 is 14.9 Å². The van der Waals surface area contributed by atoms with Gasteiger partial charge in [-0.2, -0.15) is 0 Å². The van der Waals surface area contributed by atoms with E-state index in [1.165, 1.54) is 12.1 Å². The van der Waals surface area contributed by atoms with E-state index >= 15 is 0 Å². The molecular weight excluding hydrogens is 247 g/mol. The summed E-state index contributed by atoms with van der Waals surface area (Å²) in [5.74, 6) is -0.411. The van der Waals surface area contributed by atoms with Crippen molar-refractivity contribution in [2.45, 2.75) is 25.4 Å². The van der Waals surface area contributed by atoms with Gasteiger partial charge in [0.05, 0.1) is 6.61 Å². The van der Waals surface area contributed by atoms with Crippen LogP contribution in [0.1, 0.15) is 13.3 Å². The van der Waals surface area contributed by atoms with E-state index in [2.05, 4.69) is 0 Å². The van der Waals surface area contributed by atoms with Crippen molar-refractivity contribution >= 4 is 11.6 Å². The summed E-state index contributed by atoms with van der Waals surface area (Å²) in [6, 6.07) is 5.54. The van der Waals surface area contributed by atoms with Crippen molar-refractivity contribution in [2.75, 3.05) is 25.1 Å². The molecule has 2 unspecified atom stereocenters. The molecule has 4 nitrogen and oxygen atoms in total. The minimum absolute atomic E-state index is 0.101. The molecule has 1 heterocycles. The fourth-order valence-electron chi connectivity index (χ4n) is 2.52. The van der Waals surface area contributed by atoms with Crippen LogP contribution in [-0.4, -0.2) is 48.2 Å². The summed E-state index contributed by atoms with van der Waals surface area (Å²) in [4.78, 5) is 15.7. The van der Waals surface area contributed by atoms with Crippen LogP contribution in [0.5, 0.6) is 0 Å². The zero-order valence-corrected chi connectivity index (χ0v) is 11.2. The Labute approximate surface area is 112 Å². The van der Waals surface area contributed by atoms with Crippen molar-refractivity contribution < 1.29 is 14.3 Å². The molecule has 19 heavy (non-hydrogen) atoms. The van der Waals surface area contributed by atoms with Crippen LogP contribution in [0.2, 0.25) is 0 Å². The predicted molar refractivity (Wildman–Crippen MR) is 71.5 cm³/mol. The summed E-state index contributed by atoms with van der Waals surface area (Å²) in [7, 11) is 1.74. The van der Waals surface area contributed by atoms with E-state index in [1.54, 1.807) is 24.1 Å². The third-order valence-corrected chi connectivity index (χ3v) is 3.65.